The molecule has 0 aliphatic rings. The summed E-state index contributed by atoms with van der Waals surface area (Å²) in [6.45, 7) is 2.57. The van der Waals surface area contributed by atoms with E-state index < -0.39 is 0 Å². The van der Waals surface area contributed by atoms with Gasteiger partial charge in [-0.1, -0.05) is 43.1 Å². The van der Waals surface area contributed by atoms with Crippen LogP contribution in [-0.2, 0) is 13.5 Å². The van der Waals surface area contributed by atoms with Crippen LogP contribution in [-0.4, -0.2) is 41.2 Å². The fraction of sp³-hybridized carbons (Fsp3) is 0.444. The number of benzene rings is 1. The lowest BCUT2D eigenvalue weighted by molar-refractivity contribution is 0.0932. The monoisotopic (exact) mass is 348 g/mol. The van der Waals surface area contributed by atoms with E-state index in [1.165, 1.54) is 0 Å². The maximum Gasteiger partial charge on any atom is 0.269 e. The number of likely N-dealkylation sites (N-methyl/N-ethyl adjacent to an activating group) is 1. The van der Waals surface area contributed by atoms with E-state index in [1.807, 2.05) is 49.3 Å². The smallest absolute Gasteiger partial charge is 0.269 e. The van der Waals surface area contributed by atoms with Gasteiger partial charge in [-0.25, -0.2) is 0 Å². The van der Waals surface area contributed by atoms with Gasteiger partial charge >= 0.3 is 0 Å². The van der Waals surface area contributed by atoms with Crippen LogP contribution in [0.2, 0.25) is 5.02 Å². The lowest BCUT2D eigenvalue weighted by Gasteiger charge is -2.26. The highest BCUT2D eigenvalue weighted by atomic mass is 35.5. The first kappa shape index (κ1) is 18.5. The number of amides is 1. The Kier molecular flexibility index (Phi) is 6.40. The van der Waals surface area contributed by atoms with E-state index in [0.29, 0.717) is 17.3 Å². The number of aryl methyl sites for hydroxylation is 2. The minimum atomic E-state index is -0.119. The van der Waals surface area contributed by atoms with Crippen molar-refractivity contribution in [2.75, 3.05) is 20.6 Å². The SMILES string of the molecule is CCCc1cc(C(=O)NCC(c2ccccc2Cl)N(C)C)n(C)n1. The van der Waals surface area contributed by atoms with E-state index in [1.54, 1.807) is 11.7 Å². The number of carbonyl (C=O) groups is 1. The van der Waals surface area contributed by atoms with Crippen LogP contribution in [0.25, 0.3) is 0 Å². The summed E-state index contributed by atoms with van der Waals surface area (Å²) in [7, 11) is 5.75. The fourth-order valence-corrected chi connectivity index (χ4v) is 2.98. The van der Waals surface area contributed by atoms with Crippen LogP contribution in [0.5, 0.6) is 0 Å². The van der Waals surface area contributed by atoms with Crippen LogP contribution in [0.4, 0.5) is 0 Å². The zero-order chi connectivity index (χ0) is 17.7. The van der Waals surface area contributed by atoms with Gasteiger partial charge in [0.25, 0.3) is 5.91 Å². The van der Waals surface area contributed by atoms with Crippen LogP contribution in [0.1, 0.15) is 41.1 Å². The molecule has 0 spiro atoms. The molecule has 2 aromatic rings. The highest BCUT2D eigenvalue weighted by molar-refractivity contribution is 6.31. The molecule has 1 N–H and O–H groups in total. The summed E-state index contributed by atoms with van der Waals surface area (Å²) in [6, 6.07) is 9.58. The van der Waals surface area contributed by atoms with Gasteiger partial charge in [0.15, 0.2) is 0 Å². The van der Waals surface area contributed by atoms with Gasteiger partial charge in [-0.3, -0.25) is 9.48 Å². The highest BCUT2D eigenvalue weighted by Crippen LogP contribution is 2.25. The Morgan fingerprint density at radius 2 is 2.08 bits per heavy atom. The van der Waals surface area contributed by atoms with Crippen molar-refractivity contribution in [3.05, 3.63) is 52.3 Å². The number of hydrogen-bond donors (Lipinski definition) is 1. The highest BCUT2D eigenvalue weighted by Gasteiger charge is 2.19. The summed E-state index contributed by atoms with van der Waals surface area (Å²) in [5.41, 5.74) is 2.52. The fourth-order valence-electron chi connectivity index (χ4n) is 2.71. The summed E-state index contributed by atoms with van der Waals surface area (Å²) in [5, 5.41) is 8.09. The van der Waals surface area contributed by atoms with Crippen molar-refractivity contribution in [1.82, 2.24) is 20.0 Å². The predicted molar refractivity (Wildman–Crippen MR) is 97.4 cm³/mol. The van der Waals surface area contributed by atoms with Gasteiger partial charge in [0.05, 0.1) is 11.7 Å². The molecule has 1 unspecified atom stereocenters. The van der Waals surface area contributed by atoms with Crippen LogP contribution in [0.3, 0.4) is 0 Å². The molecule has 1 amide bonds. The Balaban J connectivity index is 2.10. The Labute approximate surface area is 148 Å². The molecule has 5 nitrogen and oxygen atoms in total. The summed E-state index contributed by atoms with van der Waals surface area (Å²) in [5.74, 6) is -0.119. The van der Waals surface area contributed by atoms with Gasteiger partial charge in [-0.15, -0.1) is 0 Å². The van der Waals surface area contributed by atoms with Gasteiger partial charge in [-0.2, -0.15) is 5.10 Å². The number of aromatic nitrogens is 2. The largest absolute Gasteiger partial charge is 0.349 e. The molecule has 0 saturated heterocycles. The average molecular weight is 349 g/mol. The zero-order valence-electron chi connectivity index (χ0n) is 14.7. The Morgan fingerprint density at radius 3 is 2.71 bits per heavy atom. The number of halogens is 1. The van der Waals surface area contributed by atoms with Crippen LogP contribution < -0.4 is 5.32 Å². The topological polar surface area (TPSA) is 50.2 Å². The molecule has 0 aliphatic heterocycles. The van der Waals surface area contributed by atoms with E-state index in [4.69, 9.17) is 11.6 Å². The second kappa shape index (κ2) is 8.31. The third-order valence-corrected chi connectivity index (χ3v) is 4.36. The molecule has 24 heavy (non-hydrogen) atoms. The number of carbonyl (C=O) groups excluding carboxylic acids is 1. The Morgan fingerprint density at radius 1 is 1.38 bits per heavy atom. The number of hydrogen-bond acceptors (Lipinski definition) is 3. The maximum atomic E-state index is 12.5. The molecule has 0 aliphatic carbocycles. The van der Waals surface area contributed by atoms with E-state index in [-0.39, 0.29) is 11.9 Å². The van der Waals surface area contributed by atoms with E-state index in [9.17, 15) is 4.79 Å². The van der Waals surface area contributed by atoms with Crippen molar-refractivity contribution in [3.63, 3.8) is 0 Å². The third kappa shape index (κ3) is 4.36. The Bertz CT molecular complexity index is 696. The van der Waals surface area contributed by atoms with Gasteiger partial charge in [-0.05, 0) is 38.2 Å². The minimum absolute atomic E-state index is 0.00555. The van der Waals surface area contributed by atoms with Crippen LogP contribution >= 0.6 is 11.6 Å². The predicted octanol–water partition coefficient (Wildman–Crippen LogP) is 3.06. The third-order valence-electron chi connectivity index (χ3n) is 4.01. The van der Waals surface area contributed by atoms with Crippen molar-refractivity contribution >= 4 is 17.5 Å². The first-order chi connectivity index (χ1) is 11.4. The van der Waals surface area contributed by atoms with Crippen molar-refractivity contribution < 1.29 is 4.79 Å². The zero-order valence-corrected chi connectivity index (χ0v) is 15.5. The molecule has 6 heteroatoms. The molecule has 2 rings (SSSR count). The number of rotatable bonds is 7. The molecule has 1 atom stereocenters. The summed E-state index contributed by atoms with van der Waals surface area (Å²) < 4.78 is 1.64. The van der Waals surface area contributed by atoms with Crippen LogP contribution in [0, 0.1) is 0 Å². The molecular weight excluding hydrogens is 324 g/mol. The van der Waals surface area contributed by atoms with Crippen molar-refractivity contribution in [1.29, 1.82) is 0 Å². The summed E-state index contributed by atoms with van der Waals surface area (Å²) in [6.07, 6.45) is 1.88. The van der Waals surface area contributed by atoms with Gasteiger partial charge < -0.3 is 10.2 Å². The second-order valence-corrected chi connectivity index (χ2v) is 6.51. The standard InChI is InChI=1S/C18H25ClN4O/c1-5-8-13-11-16(23(4)21-13)18(24)20-12-17(22(2)3)14-9-6-7-10-15(14)19/h6-7,9-11,17H,5,8,12H2,1-4H3,(H,20,24). The lowest BCUT2D eigenvalue weighted by Crippen LogP contribution is -2.35. The maximum absolute atomic E-state index is 12.5. The van der Waals surface area contributed by atoms with Gasteiger partial charge in [0, 0.05) is 18.6 Å². The average Bonchev–Trinajstić information content (AvgIpc) is 2.90. The quantitative estimate of drug-likeness (QED) is 0.836. The molecule has 1 aromatic heterocycles. The van der Waals surface area contributed by atoms with Gasteiger partial charge in [0.1, 0.15) is 5.69 Å². The minimum Gasteiger partial charge on any atom is -0.349 e. The molecule has 1 heterocycles. The molecular formula is C18H25ClN4O. The van der Waals surface area contributed by atoms with Crippen molar-refractivity contribution in [2.24, 2.45) is 7.05 Å². The summed E-state index contributed by atoms with van der Waals surface area (Å²) in [4.78, 5) is 14.6. The first-order valence-corrected chi connectivity index (χ1v) is 8.53. The molecule has 0 radical (unpaired) electrons. The van der Waals surface area contributed by atoms with Crippen molar-refractivity contribution in [3.8, 4) is 0 Å². The van der Waals surface area contributed by atoms with Crippen LogP contribution in [0.15, 0.2) is 30.3 Å². The summed E-state index contributed by atoms with van der Waals surface area (Å²) >= 11 is 6.31. The molecule has 0 bridgehead atoms. The number of nitrogens with zero attached hydrogens (tertiary/aromatic N) is 3. The van der Waals surface area contributed by atoms with E-state index in [0.717, 1.165) is 24.1 Å². The lowest BCUT2D eigenvalue weighted by atomic mass is 10.1. The second-order valence-electron chi connectivity index (χ2n) is 6.11. The number of nitrogens with one attached hydrogen (secondary N) is 1. The van der Waals surface area contributed by atoms with E-state index in [2.05, 4.69) is 17.3 Å². The molecule has 0 fully saturated rings. The molecule has 1 aromatic carbocycles. The normalized spacial score (nSPS) is 12.4. The van der Waals surface area contributed by atoms with Gasteiger partial charge in [0.2, 0.25) is 0 Å². The Hall–Kier alpha value is -1.85. The molecule has 130 valence electrons. The molecule has 0 saturated carbocycles. The van der Waals surface area contributed by atoms with Crippen molar-refractivity contribution in [2.45, 2.75) is 25.8 Å². The van der Waals surface area contributed by atoms with E-state index >= 15 is 0 Å². The first-order valence-electron chi connectivity index (χ1n) is 8.16.